The minimum absolute atomic E-state index is 0.158. The fraction of sp³-hybridized carbons (Fsp3) is 0.444. The van der Waals surface area contributed by atoms with E-state index in [1.165, 1.54) is 27.5 Å². The highest BCUT2D eigenvalue weighted by molar-refractivity contribution is 7.98. The molecule has 2 N–H and O–H groups in total. The first-order chi connectivity index (χ1) is 9.93. The monoisotopic (exact) mass is 300 g/mol. The molecule has 1 unspecified atom stereocenters. The Morgan fingerprint density at radius 3 is 2.71 bits per heavy atom. The van der Waals surface area contributed by atoms with Gasteiger partial charge in [0, 0.05) is 22.3 Å². The summed E-state index contributed by atoms with van der Waals surface area (Å²) in [7, 11) is 0. The molecule has 21 heavy (non-hydrogen) atoms. The number of hydrogen-bond acceptors (Lipinski definition) is 2. The summed E-state index contributed by atoms with van der Waals surface area (Å²) >= 11 is 1.80. The lowest BCUT2D eigenvalue weighted by Crippen LogP contribution is -2.30. The Bertz CT molecular complexity index is 670. The highest BCUT2D eigenvalue weighted by Gasteiger charge is 2.33. The molecule has 1 atom stereocenters. The second-order valence-corrected chi connectivity index (χ2v) is 7.69. The normalized spacial score (nSPS) is 20.3. The van der Waals surface area contributed by atoms with E-state index in [1.807, 2.05) is 0 Å². The summed E-state index contributed by atoms with van der Waals surface area (Å²) in [5.74, 6) is 0. The summed E-state index contributed by atoms with van der Waals surface area (Å²) < 4.78 is 2.42. The third-order valence-electron chi connectivity index (χ3n) is 4.46. The smallest absolute Gasteiger partial charge is 0.0590 e. The molecule has 2 nitrogen and oxygen atoms in total. The van der Waals surface area contributed by atoms with Gasteiger partial charge in [0.05, 0.1) is 5.69 Å². The summed E-state index contributed by atoms with van der Waals surface area (Å²) in [6, 6.07) is 11.1. The van der Waals surface area contributed by atoms with Gasteiger partial charge in [0.1, 0.15) is 0 Å². The first-order valence-corrected chi connectivity index (χ1v) is 8.75. The molecule has 112 valence electrons. The Balaban J connectivity index is 2.21. The van der Waals surface area contributed by atoms with Gasteiger partial charge >= 0.3 is 0 Å². The van der Waals surface area contributed by atoms with Crippen LogP contribution in [0.3, 0.4) is 0 Å². The van der Waals surface area contributed by atoms with Gasteiger partial charge in [-0.3, -0.25) is 0 Å². The first kappa shape index (κ1) is 14.7. The second-order valence-electron chi connectivity index (χ2n) is 6.85. The standard InChI is InChI=1S/C18H24N2S/c1-12-9-13-14(19)10-18(2,3)11-16(13)20(12)15-7-5-6-8-17(15)21-4/h5-9,14H,10-11,19H2,1-4H3. The number of rotatable bonds is 2. The van der Waals surface area contributed by atoms with Crippen molar-refractivity contribution in [3.8, 4) is 5.69 Å². The fourth-order valence-electron chi connectivity index (χ4n) is 3.60. The maximum Gasteiger partial charge on any atom is 0.0590 e. The summed E-state index contributed by atoms with van der Waals surface area (Å²) in [5.41, 5.74) is 12.0. The Labute approximate surface area is 131 Å². The summed E-state index contributed by atoms with van der Waals surface area (Å²) in [6.07, 6.45) is 4.29. The van der Waals surface area contributed by atoms with Gasteiger partial charge in [-0.1, -0.05) is 26.0 Å². The molecular weight excluding hydrogens is 276 g/mol. The van der Waals surface area contributed by atoms with Crippen LogP contribution < -0.4 is 5.73 Å². The van der Waals surface area contributed by atoms with Gasteiger partial charge in [-0.25, -0.2) is 0 Å². The van der Waals surface area contributed by atoms with Crippen LogP contribution in [0.4, 0.5) is 0 Å². The predicted molar refractivity (Wildman–Crippen MR) is 91.3 cm³/mol. The number of para-hydroxylation sites is 1. The molecule has 0 spiro atoms. The van der Waals surface area contributed by atoms with Crippen LogP contribution in [0.2, 0.25) is 0 Å². The van der Waals surface area contributed by atoms with E-state index in [0.717, 1.165) is 12.8 Å². The van der Waals surface area contributed by atoms with Crippen molar-refractivity contribution in [1.82, 2.24) is 4.57 Å². The predicted octanol–water partition coefficient (Wildman–Crippen LogP) is 4.48. The van der Waals surface area contributed by atoms with Gasteiger partial charge in [0.2, 0.25) is 0 Å². The topological polar surface area (TPSA) is 30.9 Å². The summed E-state index contributed by atoms with van der Waals surface area (Å²) in [4.78, 5) is 1.32. The lowest BCUT2D eigenvalue weighted by molar-refractivity contribution is 0.278. The van der Waals surface area contributed by atoms with Crippen LogP contribution in [0.25, 0.3) is 5.69 Å². The van der Waals surface area contributed by atoms with Gasteiger partial charge in [0.15, 0.2) is 0 Å². The Morgan fingerprint density at radius 2 is 2.00 bits per heavy atom. The van der Waals surface area contributed by atoms with Crippen molar-refractivity contribution in [3.63, 3.8) is 0 Å². The van der Waals surface area contributed by atoms with Crippen LogP contribution in [0, 0.1) is 12.3 Å². The Kier molecular flexibility index (Phi) is 3.66. The lowest BCUT2D eigenvalue weighted by atomic mass is 9.74. The Hall–Kier alpha value is -1.19. The molecule has 0 fully saturated rings. The highest BCUT2D eigenvalue weighted by Crippen LogP contribution is 2.42. The molecule has 2 aromatic rings. The van der Waals surface area contributed by atoms with Crippen molar-refractivity contribution in [2.24, 2.45) is 11.1 Å². The van der Waals surface area contributed by atoms with Crippen LogP contribution in [0.5, 0.6) is 0 Å². The number of benzene rings is 1. The molecule has 0 saturated carbocycles. The number of nitrogens with zero attached hydrogens (tertiary/aromatic N) is 1. The molecule has 1 aliphatic rings. The third-order valence-corrected chi connectivity index (χ3v) is 5.25. The molecule has 1 aromatic carbocycles. The van der Waals surface area contributed by atoms with Crippen LogP contribution >= 0.6 is 11.8 Å². The van der Waals surface area contributed by atoms with E-state index in [2.05, 4.69) is 61.9 Å². The fourth-order valence-corrected chi connectivity index (χ4v) is 4.18. The zero-order valence-electron chi connectivity index (χ0n) is 13.3. The molecule has 0 amide bonds. The largest absolute Gasteiger partial charge is 0.324 e. The van der Waals surface area contributed by atoms with E-state index in [-0.39, 0.29) is 11.5 Å². The third kappa shape index (κ3) is 2.53. The molecule has 1 heterocycles. The van der Waals surface area contributed by atoms with E-state index in [1.54, 1.807) is 11.8 Å². The van der Waals surface area contributed by atoms with Gasteiger partial charge in [-0.15, -0.1) is 11.8 Å². The molecular formula is C18H24N2S. The minimum Gasteiger partial charge on any atom is -0.324 e. The Morgan fingerprint density at radius 1 is 1.29 bits per heavy atom. The number of aryl methyl sites for hydroxylation is 1. The number of thioether (sulfide) groups is 1. The van der Waals surface area contributed by atoms with Crippen LogP contribution in [0.1, 0.15) is 43.3 Å². The van der Waals surface area contributed by atoms with Crippen molar-refractivity contribution < 1.29 is 0 Å². The maximum absolute atomic E-state index is 6.43. The molecule has 1 aliphatic carbocycles. The van der Waals surface area contributed by atoms with Crippen LogP contribution in [0.15, 0.2) is 35.2 Å². The number of nitrogens with two attached hydrogens (primary N) is 1. The van der Waals surface area contributed by atoms with Crippen LogP contribution in [-0.4, -0.2) is 10.8 Å². The molecule has 1 aromatic heterocycles. The molecule has 3 heteroatoms. The SMILES string of the molecule is CSc1ccccc1-n1c(C)cc2c1CC(C)(C)CC2N. The highest BCUT2D eigenvalue weighted by atomic mass is 32.2. The summed E-state index contributed by atoms with van der Waals surface area (Å²) in [5, 5.41) is 0. The maximum atomic E-state index is 6.43. The zero-order valence-corrected chi connectivity index (χ0v) is 14.1. The average molecular weight is 300 g/mol. The minimum atomic E-state index is 0.158. The van der Waals surface area contributed by atoms with Crippen molar-refractivity contribution >= 4 is 11.8 Å². The van der Waals surface area contributed by atoms with E-state index in [9.17, 15) is 0 Å². The second kappa shape index (κ2) is 5.22. The van der Waals surface area contributed by atoms with Gasteiger partial charge in [-0.05, 0) is 55.2 Å². The van der Waals surface area contributed by atoms with Crippen molar-refractivity contribution in [2.45, 2.75) is 44.6 Å². The van der Waals surface area contributed by atoms with E-state index >= 15 is 0 Å². The number of fused-ring (bicyclic) bond motifs is 1. The first-order valence-electron chi connectivity index (χ1n) is 7.53. The molecule has 0 bridgehead atoms. The van der Waals surface area contributed by atoms with Crippen molar-refractivity contribution in [3.05, 3.63) is 47.3 Å². The molecule has 3 rings (SSSR count). The average Bonchev–Trinajstić information content (AvgIpc) is 2.74. The quantitative estimate of drug-likeness (QED) is 0.829. The van der Waals surface area contributed by atoms with Gasteiger partial charge in [0.25, 0.3) is 0 Å². The van der Waals surface area contributed by atoms with E-state index in [4.69, 9.17) is 5.73 Å². The van der Waals surface area contributed by atoms with Crippen LogP contribution in [-0.2, 0) is 6.42 Å². The van der Waals surface area contributed by atoms with Crippen molar-refractivity contribution in [2.75, 3.05) is 6.26 Å². The molecule has 0 radical (unpaired) electrons. The van der Waals surface area contributed by atoms with Gasteiger partial charge in [-0.2, -0.15) is 0 Å². The van der Waals surface area contributed by atoms with E-state index in [0.29, 0.717) is 0 Å². The summed E-state index contributed by atoms with van der Waals surface area (Å²) in [6.45, 7) is 6.83. The number of aromatic nitrogens is 1. The number of hydrogen-bond donors (Lipinski definition) is 1. The van der Waals surface area contributed by atoms with E-state index < -0.39 is 0 Å². The lowest BCUT2D eigenvalue weighted by Gasteiger charge is -2.34. The molecule has 0 saturated heterocycles. The van der Waals surface area contributed by atoms with Crippen molar-refractivity contribution in [1.29, 1.82) is 0 Å². The molecule has 0 aliphatic heterocycles. The van der Waals surface area contributed by atoms with Gasteiger partial charge < -0.3 is 10.3 Å². The zero-order chi connectivity index (χ0) is 15.2.